The fourth-order valence-corrected chi connectivity index (χ4v) is 3.77. The maximum atomic E-state index is 13.4. The predicted octanol–water partition coefficient (Wildman–Crippen LogP) is 4.58. The van der Waals surface area contributed by atoms with Gasteiger partial charge in [-0.3, -0.25) is 4.79 Å². The van der Waals surface area contributed by atoms with E-state index in [9.17, 15) is 9.18 Å². The Kier molecular flexibility index (Phi) is 7.11. The topological polar surface area (TPSA) is 56.8 Å². The SMILES string of the molecule is COC[C@H](C)Oc1ccc(NC(=O)C2(c3ccc(F)cc3)CCOCC2)cc1Cl. The lowest BCUT2D eigenvalue weighted by Gasteiger charge is -2.36. The summed E-state index contributed by atoms with van der Waals surface area (Å²) in [5, 5.41) is 3.36. The van der Waals surface area contributed by atoms with Crippen molar-refractivity contribution in [3.05, 3.63) is 58.9 Å². The molecule has 2 aromatic rings. The highest BCUT2D eigenvalue weighted by atomic mass is 35.5. The van der Waals surface area contributed by atoms with Gasteiger partial charge in [0.05, 0.1) is 17.0 Å². The zero-order valence-corrected chi connectivity index (χ0v) is 17.3. The largest absolute Gasteiger partial charge is 0.487 e. The molecule has 5 nitrogen and oxygen atoms in total. The van der Waals surface area contributed by atoms with E-state index in [-0.39, 0.29) is 17.8 Å². The molecule has 0 aromatic heterocycles. The van der Waals surface area contributed by atoms with Crippen molar-refractivity contribution in [1.29, 1.82) is 0 Å². The lowest BCUT2D eigenvalue weighted by molar-refractivity contribution is -0.125. The van der Waals surface area contributed by atoms with Gasteiger partial charge in [0.25, 0.3) is 0 Å². The van der Waals surface area contributed by atoms with E-state index in [1.807, 2.05) is 6.92 Å². The van der Waals surface area contributed by atoms with Gasteiger partial charge in [-0.1, -0.05) is 23.7 Å². The Hall–Kier alpha value is -2.15. The second kappa shape index (κ2) is 9.57. The maximum absolute atomic E-state index is 13.4. The van der Waals surface area contributed by atoms with Gasteiger partial charge in [0.1, 0.15) is 17.7 Å². The number of nitrogens with one attached hydrogen (secondary N) is 1. The van der Waals surface area contributed by atoms with E-state index in [0.717, 1.165) is 5.56 Å². The van der Waals surface area contributed by atoms with Gasteiger partial charge in [0, 0.05) is 26.0 Å². The molecule has 0 radical (unpaired) electrons. The number of methoxy groups -OCH3 is 1. The molecule has 0 aliphatic carbocycles. The third kappa shape index (κ3) is 5.07. The van der Waals surface area contributed by atoms with Crippen molar-refractivity contribution in [3.63, 3.8) is 0 Å². The second-order valence-corrected chi connectivity index (χ2v) is 7.59. The Morgan fingerprint density at radius 1 is 1.24 bits per heavy atom. The summed E-state index contributed by atoms with van der Waals surface area (Å²) in [4.78, 5) is 13.3. The quantitative estimate of drug-likeness (QED) is 0.711. The van der Waals surface area contributed by atoms with Crippen LogP contribution in [0.25, 0.3) is 0 Å². The Balaban J connectivity index is 1.79. The summed E-state index contributed by atoms with van der Waals surface area (Å²) in [5.41, 5.74) is 0.569. The molecule has 29 heavy (non-hydrogen) atoms. The van der Waals surface area contributed by atoms with Crippen LogP contribution in [0.4, 0.5) is 10.1 Å². The summed E-state index contributed by atoms with van der Waals surface area (Å²) in [7, 11) is 1.60. The molecule has 3 rings (SSSR count). The van der Waals surface area contributed by atoms with Gasteiger partial charge < -0.3 is 19.5 Å². The molecule has 1 atom stereocenters. The average molecular weight is 422 g/mol. The third-order valence-corrected chi connectivity index (χ3v) is 5.39. The average Bonchev–Trinajstić information content (AvgIpc) is 2.71. The van der Waals surface area contributed by atoms with Crippen LogP contribution in [0.1, 0.15) is 25.3 Å². The maximum Gasteiger partial charge on any atom is 0.235 e. The van der Waals surface area contributed by atoms with E-state index >= 15 is 0 Å². The molecular formula is C22H25ClFNO4. The van der Waals surface area contributed by atoms with Gasteiger partial charge in [-0.25, -0.2) is 4.39 Å². The molecule has 1 aliphatic rings. The molecule has 1 N–H and O–H groups in total. The van der Waals surface area contributed by atoms with Crippen LogP contribution in [-0.4, -0.2) is 38.9 Å². The summed E-state index contributed by atoms with van der Waals surface area (Å²) in [6.07, 6.45) is 0.893. The number of ether oxygens (including phenoxy) is 3. The first-order valence-corrected chi connectivity index (χ1v) is 9.93. The Labute approximate surface area is 175 Å². The number of halogens is 2. The fraction of sp³-hybridized carbons (Fsp3) is 0.409. The highest BCUT2D eigenvalue weighted by molar-refractivity contribution is 6.32. The van der Waals surface area contributed by atoms with Gasteiger partial charge in [-0.2, -0.15) is 0 Å². The van der Waals surface area contributed by atoms with E-state index in [1.165, 1.54) is 12.1 Å². The van der Waals surface area contributed by atoms with Gasteiger partial charge in [0.15, 0.2) is 0 Å². The van der Waals surface area contributed by atoms with E-state index in [1.54, 1.807) is 37.4 Å². The molecule has 1 amide bonds. The van der Waals surface area contributed by atoms with Crippen molar-refractivity contribution in [1.82, 2.24) is 0 Å². The minimum absolute atomic E-state index is 0.151. The number of carbonyl (C=O) groups is 1. The zero-order chi connectivity index (χ0) is 20.9. The molecule has 1 saturated heterocycles. The first kappa shape index (κ1) is 21.6. The van der Waals surface area contributed by atoms with Crippen LogP contribution in [0.2, 0.25) is 5.02 Å². The van der Waals surface area contributed by atoms with Crippen LogP contribution in [-0.2, 0) is 19.7 Å². The van der Waals surface area contributed by atoms with Crippen LogP contribution >= 0.6 is 11.6 Å². The smallest absolute Gasteiger partial charge is 0.235 e. The van der Waals surface area contributed by atoms with Crippen molar-refractivity contribution in [2.24, 2.45) is 0 Å². The summed E-state index contributed by atoms with van der Waals surface area (Å²) in [6, 6.07) is 11.2. The zero-order valence-electron chi connectivity index (χ0n) is 16.5. The monoisotopic (exact) mass is 421 g/mol. The lowest BCUT2D eigenvalue weighted by atomic mass is 9.73. The first-order chi connectivity index (χ1) is 13.9. The number of hydrogen-bond acceptors (Lipinski definition) is 4. The Morgan fingerprint density at radius 2 is 1.93 bits per heavy atom. The van der Waals surface area contributed by atoms with Crippen molar-refractivity contribution in [2.45, 2.75) is 31.3 Å². The van der Waals surface area contributed by atoms with Crippen molar-refractivity contribution < 1.29 is 23.4 Å². The number of hydrogen-bond donors (Lipinski definition) is 1. The van der Waals surface area contributed by atoms with Gasteiger partial charge in [-0.15, -0.1) is 0 Å². The molecule has 156 valence electrons. The Bertz CT molecular complexity index is 837. The fourth-order valence-electron chi connectivity index (χ4n) is 3.55. The molecule has 1 aliphatic heterocycles. The van der Waals surface area contributed by atoms with Crippen LogP contribution < -0.4 is 10.1 Å². The lowest BCUT2D eigenvalue weighted by Crippen LogP contribution is -2.44. The second-order valence-electron chi connectivity index (χ2n) is 7.18. The van der Waals surface area contributed by atoms with Crippen LogP contribution in [0.3, 0.4) is 0 Å². The highest BCUT2D eigenvalue weighted by Crippen LogP contribution is 2.37. The van der Waals surface area contributed by atoms with Gasteiger partial charge in [0.2, 0.25) is 5.91 Å². The molecule has 0 spiro atoms. The van der Waals surface area contributed by atoms with Crippen LogP contribution in [0.5, 0.6) is 5.75 Å². The molecule has 1 fully saturated rings. The van der Waals surface area contributed by atoms with E-state index in [2.05, 4.69) is 5.32 Å². The van der Waals surface area contributed by atoms with Gasteiger partial charge in [-0.05, 0) is 55.7 Å². The van der Waals surface area contributed by atoms with E-state index < -0.39 is 5.41 Å². The molecule has 2 aromatic carbocycles. The number of benzene rings is 2. The van der Waals surface area contributed by atoms with Crippen molar-refractivity contribution >= 4 is 23.2 Å². The van der Waals surface area contributed by atoms with E-state index in [4.69, 9.17) is 25.8 Å². The van der Waals surface area contributed by atoms with Gasteiger partial charge >= 0.3 is 0 Å². The normalized spacial score (nSPS) is 16.8. The van der Waals surface area contributed by atoms with E-state index in [0.29, 0.717) is 49.1 Å². The summed E-state index contributed by atoms with van der Waals surface area (Å²) in [5.74, 6) is 0.0277. The number of anilines is 1. The molecule has 7 heteroatoms. The minimum atomic E-state index is -0.777. The van der Waals surface area contributed by atoms with Crippen molar-refractivity contribution in [3.8, 4) is 5.75 Å². The minimum Gasteiger partial charge on any atom is -0.487 e. The highest BCUT2D eigenvalue weighted by Gasteiger charge is 2.41. The molecule has 0 saturated carbocycles. The first-order valence-electron chi connectivity index (χ1n) is 9.55. The third-order valence-electron chi connectivity index (χ3n) is 5.10. The summed E-state index contributed by atoms with van der Waals surface area (Å²) < 4.78 is 29.6. The number of carbonyl (C=O) groups excluding carboxylic acids is 1. The van der Waals surface area contributed by atoms with Crippen molar-refractivity contribution in [2.75, 3.05) is 32.2 Å². The van der Waals surface area contributed by atoms with Crippen LogP contribution in [0, 0.1) is 5.82 Å². The molecule has 0 bridgehead atoms. The van der Waals surface area contributed by atoms with Crippen LogP contribution in [0.15, 0.2) is 42.5 Å². The number of amides is 1. The summed E-state index contributed by atoms with van der Waals surface area (Å²) >= 11 is 6.33. The predicted molar refractivity (Wildman–Crippen MR) is 110 cm³/mol. The summed E-state index contributed by atoms with van der Waals surface area (Å²) in [6.45, 7) is 3.26. The molecular weight excluding hydrogens is 397 g/mol. The number of rotatable bonds is 7. The molecule has 1 heterocycles. The standard InChI is InChI=1S/C22H25ClFNO4/c1-15(14-27-2)29-20-8-7-18(13-19(20)23)25-21(26)22(9-11-28-12-10-22)16-3-5-17(24)6-4-16/h3-8,13,15H,9-12,14H2,1-2H3,(H,25,26)/t15-/m0/s1. The molecule has 0 unspecified atom stereocenters. The Morgan fingerprint density at radius 3 is 2.55 bits per heavy atom.